The highest BCUT2D eigenvalue weighted by Gasteiger charge is 2.28. The van der Waals surface area contributed by atoms with E-state index in [9.17, 15) is 9.59 Å². The van der Waals surface area contributed by atoms with Crippen molar-refractivity contribution < 1.29 is 28.5 Å². The van der Waals surface area contributed by atoms with Crippen LogP contribution in [0.25, 0.3) is 0 Å². The monoisotopic (exact) mass is 282 g/mol. The smallest absolute Gasteiger partial charge is 0.342 e. The summed E-state index contributed by atoms with van der Waals surface area (Å²) in [5.74, 6) is -0.864. The van der Waals surface area contributed by atoms with Gasteiger partial charge >= 0.3 is 11.9 Å². The minimum Gasteiger partial charge on any atom is -0.496 e. The number of hydrogen-bond donors (Lipinski definition) is 0. The van der Waals surface area contributed by atoms with Crippen LogP contribution in [0.2, 0.25) is 0 Å². The van der Waals surface area contributed by atoms with Gasteiger partial charge in [-0.3, -0.25) is 0 Å². The van der Waals surface area contributed by atoms with Gasteiger partial charge in [0.1, 0.15) is 22.6 Å². The normalized spacial score (nSPS) is 9.80. The third-order valence-corrected chi connectivity index (χ3v) is 2.53. The Balaban J connectivity index is 3.47. The maximum absolute atomic E-state index is 12.1. The van der Waals surface area contributed by atoms with Gasteiger partial charge in [-0.15, -0.1) is 0 Å². The van der Waals surface area contributed by atoms with Crippen LogP contribution < -0.4 is 9.47 Å². The van der Waals surface area contributed by atoms with Gasteiger partial charge in [0.05, 0.1) is 27.4 Å². The van der Waals surface area contributed by atoms with Crippen molar-refractivity contribution in [3.8, 4) is 11.5 Å². The first-order valence-electron chi connectivity index (χ1n) is 6.19. The standard InChI is InChI=1S/C14H18O6/c1-5-19-13(15)11-9(17-3)7-8-10(18-4)12(11)14(16)20-6-2/h7-8H,5-6H2,1-4H3. The Labute approximate surface area is 117 Å². The zero-order valence-electron chi connectivity index (χ0n) is 12.0. The fraction of sp³-hybridized carbons (Fsp3) is 0.429. The quantitative estimate of drug-likeness (QED) is 0.744. The molecule has 0 N–H and O–H groups in total. The SMILES string of the molecule is CCOC(=O)c1c(OC)ccc(OC)c1C(=O)OCC. The molecule has 0 spiro atoms. The Kier molecular flexibility index (Phi) is 5.83. The van der Waals surface area contributed by atoms with E-state index in [0.717, 1.165) is 0 Å². The van der Waals surface area contributed by atoms with Gasteiger partial charge < -0.3 is 18.9 Å². The maximum atomic E-state index is 12.1. The van der Waals surface area contributed by atoms with E-state index in [1.807, 2.05) is 0 Å². The van der Waals surface area contributed by atoms with E-state index in [2.05, 4.69) is 0 Å². The van der Waals surface area contributed by atoms with Gasteiger partial charge in [-0.05, 0) is 26.0 Å². The minimum absolute atomic E-state index is 0.00662. The van der Waals surface area contributed by atoms with Crippen molar-refractivity contribution in [2.75, 3.05) is 27.4 Å². The lowest BCUT2D eigenvalue weighted by molar-refractivity contribution is 0.0472. The van der Waals surface area contributed by atoms with Crippen LogP contribution in [0.4, 0.5) is 0 Å². The average molecular weight is 282 g/mol. The number of benzene rings is 1. The predicted molar refractivity (Wildman–Crippen MR) is 71.5 cm³/mol. The lowest BCUT2D eigenvalue weighted by Gasteiger charge is -2.15. The van der Waals surface area contributed by atoms with E-state index < -0.39 is 11.9 Å². The summed E-state index contributed by atoms with van der Waals surface area (Å²) in [6.07, 6.45) is 0. The molecule has 0 fully saturated rings. The molecule has 0 heterocycles. The van der Waals surface area contributed by atoms with Gasteiger partial charge in [-0.2, -0.15) is 0 Å². The molecule has 110 valence electrons. The van der Waals surface area contributed by atoms with Crippen molar-refractivity contribution in [3.05, 3.63) is 23.3 Å². The summed E-state index contributed by atoms with van der Waals surface area (Å²) in [7, 11) is 2.80. The average Bonchev–Trinajstić information content (AvgIpc) is 2.45. The summed E-state index contributed by atoms with van der Waals surface area (Å²) in [5, 5.41) is 0. The topological polar surface area (TPSA) is 71.1 Å². The Hall–Kier alpha value is -2.24. The second-order valence-electron chi connectivity index (χ2n) is 3.66. The number of rotatable bonds is 6. The Bertz CT molecular complexity index is 450. The third kappa shape index (κ3) is 3.20. The first-order valence-corrected chi connectivity index (χ1v) is 6.19. The van der Waals surface area contributed by atoms with Crippen molar-refractivity contribution >= 4 is 11.9 Å². The van der Waals surface area contributed by atoms with Gasteiger partial charge in [-0.1, -0.05) is 0 Å². The van der Waals surface area contributed by atoms with Crippen LogP contribution in [0.1, 0.15) is 34.6 Å². The lowest BCUT2D eigenvalue weighted by atomic mass is 10.0. The number of ether oxygens (including phenoxy) is 4. The van der Waals surface area contributed by atoms with Crippen molar-refractivity contribution in [2.45, 2.75) is 13.8 Å². The van der Waals surface area contributed by atoms with E-state index in [0.29, 0.717) is 0 Å². The largest absolute Gasteiger partial charge is 0.496 e. The van der Waals surface area contributed by atoms with Crippen LogP contribution in [0.15, 0.2) is 12.1 Å². The molecular formula is C14H18O6. The van der Waals surface area contributed by atoms with E-state index >= 15 is 0 Å². The van der Waals surface area contributed by atoms with Gasteiger partial charge in [0.2, 0.25) is 0 Å². The van der Waals surface area contributed by atoms with E-state index in [4.69, 9.17) is 18.9 Å². The van der Waals surface area contributed by atoms with E-state index in [1.54, 1.807) is 13.8 Å². The highest BCUT2D eigenvalue weighted by atomic mass is 16.5. The summed E-state index contributed by atoms with van der Waals surface area (Å²) in [6, 6.07) is 3.07. The molecule has 6 heteroatoms. The van der Waals surface area contributed by atoms with Crippen LogP contribution in [-0.4, -0.2) is 39.4 Å². The molecule has 1 aromatic rings. The number of hydrogen-bond acceptors (Lipinski definition) is 6. The van der Waals surface area contributed by atoms with Crippen LogP contribution in [0.5, 0.6) is 11.5 Å². The van der Waals surface area contributed by atoms with Crippen molar-refractivity contribution in [1.82, 2.24) is 0 Å². The van der Waals surface area contributed by atoms with Crippen molar-refractivity contribution in [2.24, 2.45) is 0 Å². The Morgan fingerprint density at radius 1 is 0.850 bits per heavy atom. The molecule has 0 saturated heterocycles. The molecule has 0 aliphatic heterocycles. The molecule has 0 unspecified atom stereocenters. The molecule has 0 amide bonds. The molecule has 0 aliphatic carbocycles. The number of carbonyl (C=O) groups excluding carboxylic acids is 2. The highest BCUT2D eigenvalue weighted by molar-refractivity contribution is 6.07. The van der Waals surface area contributed by atoms with Gasteiger partial charge in [-0.25, -0.2) is 9.59 Å². The molecule has 0 saturated carbocycles. The Morgan fingerprint density at radius 3 is 1.45 bits per heavy atom. The molecule has 1 aromatic carbocycles. The summed E-state index contributed by atoms with van der Waals surface area (Å²) in [6.45, 7) is 3.71. The fourth-order valence-corrected chi connectivity index (χ4v) is 1.72. The summed E-state index contributed by atoms with van der Waals surface area (Å²) >= 11 is 0. The van der Waals surface area contributed by atoms with Gasteiger partial charge in [0, 0.05) is 0 Å². The second kappa shape index (κ2) is 7.37. The highest BCUT2D eigenvalue weighted by Crippen LogP contribution is 2.31. The second-order valence-corrected chi connectivity index (χ2v) is 3.66. The number of methoxy groups -OCH3 is 2. The number of esters is 2. The number of carbonyl (C=O) groups is 2. The first kappa shape index (κ1) is 15.8. The zero-order chi connectivity index (χ0) is 15.1. The van der Waals surface area contributed by atoms with E-state index in [-0.39, 0.29) is 35.8 Å². The van der Waals surface area contributed by atoms with Gasteiger partial charge in [0.25, 0.3) is 0 Å². The zero-order valence-corrected chi connectivity index (χ0v) is 12.0. The molecule has 1 rings (SSSR count). The molecule has 0 atom stereocenters. The van der Waals surface area contributed by atoms with Crippen molar-refractivity contribution in [3.63, 3.8) is 0 Å². The van der Waals surface area contributed by atoms with Crippen LogP contribution in [0.3, 0.4) is 0 Å². The van der Waals surface area contributed by atoms with Crippen LogP contribution >= 0.6 is 0 Å². The van der Waals surface area contributed by atoms with Crippen molar-refractivity contribution in [1.29, 1.82) is 0 Å². The molecule has 0 radical (unpaired) electrons. The predicted octanol–water partition coefficient (Wildman–Crippen LogP) is 2.06. The summed E-state index contributed by atoms with van der Waals surface area (Å²) < 4.78 is 20.1. The molecule has 0 aliphatic rings. The fourth-order valence-electron chi connectivity index (χ4n) is 1.72. The minimum atomic E-state index is -0.661. The van der Waals surface area contributed by atoms with Crippen LogP contribution in [0, 0.1) is 0 Å². The molecule has 6 nitrogen and oxygen atoms in total. The molecular weight excluding hydrogens is 264 g/mol. The van der Waals surface area contributed by atoms with Gasteiger partial charge in [0.15, 0.2) is 0 Å². The van der Waals surface area contributed by atoms with E-state index in [1.165, 1.54) is 26.4 Å². The summed E-state index contributed by atoms with van der Waals surface area (Å²) in [4.78, 5) is 24.1. The lowest BCUT2D eigenvalue weighted by Crippen LogP contribution is -2.16. The molecule has 0 aromatic heterocycles. The first-order chi connectivity index (χ1) is 9.60. The summed E-state index contributed by atoms with van der Waals surface area (Å²) in [5.41, 5.74) is 0.0132. The van der Waals surface area contributed by atoms with Crippen LogP contribution in [-0.2, 0) is 9.47 Å². The molecule has 20 heavy (non-hydrogen) atoms. The molecule has 0 bridgehead atoms. The third-order valence-electron chi connectivity index (χ3n) is 2.53. The maximum Gasteiger partial charge on any atom is 0.342 e. The Morgan fingerprint density at radius 2 is 1.20 bits per heavy atom.